The third kappa shape index (κ3) is 2.23. The van der Waals surface area contributed by atoms with Gasteiger partial charge in [0.15, 0.2) is 5.13 Å². The van der Waals surface area contributed by atoms with Gasteiger partial charge in [0.2, 0.25) is 0 Å². The Balaban J connectivity index is 1.36. The Morgan fingerprint density at radius 3 is 2.96 bits per heavy atom. The van der Waals surface area contributed by atoms with Crippen LogP contribution in [0.1, 0.15) is 12.8 Å². The third-order valence-corrected chi connectivity index (χ3v) is 6.44. The highest BCUT2D eigenvalue weighted by molar-refractivity contribution is 7.22. The van der Waals surface area contributed by atoms with E-state index in [0.717, 1.165) is 28.4 Å². The maximum atomic E-state index is 6.28. The van der Waals surface area contributed by atoms with Crippen LogP contribution >= 0.6 is 22.9 Å². The lowest BCUT2D eigenvalue weighted by molar-refractivity contribution is -0.0829. The van der Waals surface area contributed by atoms with E-state index in [1.54, 1.807) is 11.3 Å². The number of ether oxygens (including phenoxy) is 1. The summed E-state index contributed by atoms with van der Waals surface area (Å²) in [7, 11) is 0. The number of hydrogen-bond donors (Lipinski definition) is 1. The number of para-hydroxylation sites is 1. The molecule has 3 fully saturated rings. The van der Waals surface area contributed by atoms with Crippen LogP contribution in [0.5, 0.6) is 0 Å². The molecule has 4 aliphatic heterocycles. The average molecular weight is 349 g/mol. The van der Waals surface area contributed by atoms with Crippen molar-refractivity contribution < 1.29 is 4.74 Å². The lowest BCUT2D eigenvalue weighted by Gasteiger charge is -2.50. The molecule has 0 amide bonds. The molecule has 1 aromatic heterocycles. The van der Waals surface area contributed by atoms with Crippen LogP contribution in [-0.2, 0) is 4.74 Å². The number of fused-ring (bicyclic) bond motifs is 3. The fourth-order valence-electron chi connectivity index (χ4n) is 4.01. The Hall–Kier alpha value is -1.37. The molecular weight excluding hydrogens is 332 g/mol. The molecule has 7 heteroatoms. The van der Waals surface area contributed by atoms with Gasteiger partial charge in [0.25, 0.3) is 6.02 Å². The summed E-state index contributed by atoms with van der Waals surface area (Å²) in [6.45, 7) is 4.16. The van der Waals surface area contributed by atoms with E-state index in [9.17, 15) is 0 Å². The highest BCUT2D eigenvalue weighted by atomic mass is 35.5. The number of nitrogens with one attached hydrogen (secondary N) is 1. The molecule has 6 rings (SSSR count). The Morgan fingerprint density at radius 1 is 1.35 bits per heavy atom. The van der Waals surface area contributed by atoms with Crippen molar-refractivity contribution in [2.24, 2.45) is 10.9 Å². The molecule has 1 unspecified atom stereocenters. The lowest BCUT2D eigenvalue weighted by atomic mass is 9.75. The summed E-state index contributed by atoms with van der Waals surface area (Å²) in [5.74, 6) is 0.625. The fourth-order valence-corrected chi connectivity index (χ4v) is 5.16. The number of benzene rings is 1. The molecule has 2 bridgehead atoms. The minimum Gasteiger partial charge on any atom is -0.455 e. The minimum atomic E-state index is -0.118. The molecular formula is C16H17ClN4OS. The second-order valence-electron chi connectivity index (χ2n) is 6.57. The van der Waals surface area contributed by atoms with Crippen LogP contribution in [0.25, 0.3) is 10.2 Å². The maximum Gasteiger partial charge on any atom is 0.291 e. The molecule has 0 saturated carbocycles. The van der Waals surface area contributed by atoms with E-state index in [1.807, 2.05) is 18.2 Å². The number of nitrogens with zero attached hydrogens (tertiary/aromatic N) is 3. The average Bonchev–Trinajstić information content (AvgIpc) is 3.14. The number of halogens is 1. The molecule has 2 aromatic rings. The summed E-state index contributed by atoms with van der Waals surface area (Å²) in [4.78, 5) is 11.7. The summed E-state index contributed by atoms with van der Waals surface area (Å²) in [6, 6.07) is 6.43. The fraction of sp³-hybridized carbons (Fsp3) is 0.500. The van der Waals surface area contributed by atoms with E-state index in [1.165, 1.54) is 25.9 Å². The number of aliphatic imine (C=N–C) groups is 1. The summed E-state index contributed by atoms with van der Waals surface area (Å²) < 4.78 is 7.35. The van der Waals surface area contributed by atoms with Crippen molar-refractivity contribution in [3.05, 3.63) is 23.2 Å². The Labute approximate surface area is 143 Å². The molecule has 23 heavy (non-hydrogen) atoms. The van der Waals surface area contributed by atoms with Gasteiger partial charge in [-0.05, 0) is 38.1 Å². The number of amidine groups is 1. The van der Waals surface area contributed by atoms with Crippen LogP contribution in [0, 0.1) is 5.92 Å². The molecule has 1 atom stereocenters. The van der Waals surface area contributed by atoms with Crippen LogP contribution in [0.15, 0.2) is 23.2 Å². The van der Waals surface area contributed by atoms with Crippen molar-refractivity contribution in [3.8, 4) is 0 Å². The topological polar surface area (TPSA) is 49.8 Å². The van der Waals surface area contributed by atoms with Gasteiger partial charge in [-0.1, -0.05) is 29.0 Å². The predicted octanol–water partition coefficient (Wildman–Crippen LogP) is 3.21. The van der Waals surface area contributed by atoms with E-state index in [4.69, 9.17) is 16.3 Å². The Morgan fingerprint density at radius 2 is 2.22 bits per heavy atom. The molecule has 120 valence electrons. The van der Waals surface area contributed by atoms with Crippen molar-refractivity contribution in [3.63, 3.8) is 0 Å². The van der Waals surface area contributed by atoms with E-state index in [-0.39, 0.29) is 5.60 Å². The normalized spacial score (nSPS) is 32.3. The van der Waals surface area contributed by atoms with Gasteiger partial charge in [0.05, 0.1) is 16.3 Å². The van der Waals surface area contributed by atoms with Gasteiger partial charge in [-0.15, -0.1) is 0 Å². The van der Waals surface area contributed by atoms with Gasteiger partial charge in [0.1, 0.15) is 11.1 Å². The van der Waals surface area contributed by atoms with E-state index in [2.05, 4.69) is 20.2 Å². The van der Waals surface area contributed by atoms with Gasteiger partial charge >= 0.3 is 0 Å². The zero-order valence-corrected chi connectivity index (χ0v) is 14.2. The van der Waals surface area contributed by atoms with Gasteiger partial charge in [-0.3, -0.25) is 10.2 Å². The van der Waals surface area contributed by atoms with E-state index >= 15 is 0 Å². The van der Waals surface area contributed by atoms with Crippen molar-refractivity contribution in [2.45, 2.75) is 18.4 Å². The highest BCUT2D eigenvalue weighted by Gasteiger charge is 2.51. The Kier molecular flexibility index (Phi) is 3.08. The molecule has 3 saturated heterocycles. The number of hydrogen-bond acceptors (Lipinski definition) is 6. The smallest absolute Gasteiger partial charge is 0.291 e. The number of anilines is 1. The van der Waals surface area contributed by atoms with E-state index < -0.39 is 0 Å². The third-order valence-electron chi connectivity index (χ3n) is 5.20. The van der Waals surface area contributed by atoms with Crippen molar-refractivity contribution in [1.29, 1.82) is 0 Å². The summed E-state index contributed by atoms with van der Waals surface area (Å²) in [6.07, 6.45) is 2.44. The molecule has 1 aromatic carbocycles. The zero-order valence-electron chi connectivity index (χ0n) is 12.6. The van der Waals surface area contributed by atoms with Gasteiger partial charge in [0, 0.05) is 12.5 Å². The predicted molar refractivity (Wildman–Crippen MR) is 93.5 cm³/mol. The number of piperidine rings is 3. The van der Waals surface area contributed by atoms with Crippen LogP contribution in [0.2, 0.25) is 5.02 Å². The molecule has 5 nitrogen and oxygen atoms in total. The summed E-state index contributed by atoms with van der Waals surface area (Å²) in [5, 5.41) is 4.71. The molecule has 4 aliphatic rings. The molecule has 0 radical (unpaired) electrons. The summed E-state index contributed by atoms with van der Waals surface area (Å²) in [5.41, 5.74) is 0.713. The van der Waals surface area contributed by atoms with Crippen LogP contribution < -0.4 is 5.32 Å². The largest absolute Gasteiger partial charge is 0.455 e. The van der Waals surface area contributed by atoms with Crippen LogP contribution in [0.4, 0.5) is 5.13 Å². The number of thiazole rings is 1. The summed E-state index contributed by atoms with van der Waals surface area (Å²) >= 11 is 7.77. The Bertz CT molecular complexity index is 798. The standard InChI is InChI=1S/C16H17ClN4OS/c17-11-2-1-3-12-13(11)19-15(23-12)20-14-18-8-16(22-14)9-21-6-4-10(16)5-7-21/h1-3,10H,4-9H2,(H,18,19,20). The zero-order chi connectivity index (χ0) is 15.4. The number of rotatable bonds is 1. The van der Waals surface area contributed by atoms with Gasteiger partial charge in [-0.2, -0.15) is 0 Å². The molecule has 1 spiro atoms. The second kappa shape index (κ2) is 5.06. The first-order chi connectivity index (χ1) is 11.2. The first kappa shape index (κ1) is 14.0. The van der Waals surface area contributed by atoms with Crippen molar-refractivity contribution in [2.75, 3.05) is 31.5 Å². The molecule has 5 heterocycles. The van der Waals surface area contributed by atoms with Crippen LogP contribution in [-0.4, -0.2) is 47.7 Å². The van der Waals surface area contributed by atoms with Crippen LogP contribution in [0.3, 0.4) is 0 Å². The molecule has 0 aliphatic carbocycles. The molecule has 1 N–H and O–H groups in total. The highest BCUT2D eigenvalue weighted by Crippen LogP contribution is 2.41. The van der Waals surface area contributed by atoms with Gasteiger partial charge < -0.3 is 4.74 Å². The SMILES string of the molecule is Clc1cccc2sc(NC3=NCC4(CN5CCC4CC5)O3)nc12. The monoisotopic (exact) mass is 348 g/mol. The maximum absolute atomic E-state index is 6.28. The quantitative estimate of drug-likeness (QED) is 0.859. The van der Waals surface area contributed by atoms with Crippen molar-refractivity contribution in [1.82, 2.24) is 9.88 Å². The first-order valence-electron chi connectivity index (χ1n) is 8.00. The van der Waals surface area contributed by atoms with Crippen molar-refractivity contribution >= 4 is 44.3 Å². The van der Waals surface area contributed by atoms with Gasteiger partial charge in [-0.25, -0.2) is 9.98 Å². The minimum absolute atomic E-state index is 0.118. The lowest BCUT2D eigenvalue weighted by Crippen LogP contribution is -2.61. The number of aromatic nitrogens is 1. The van der Waals surface area contributed by atoms with E-state index in [0.29, 0.717) is 17.0 Å². The second-order valence-corrected chi connectivity index (χ2v) is 8.01. The first-order valence-corrected chi connectivity index (χ1v) is 9.19.